The fourth-order valence-electron chi connectivity index (χ4n) is 2.26. The molecule has 1 saturated heterocycles. The van der Waals surface area contributed by atoms with Crippen LogP contribution in [0.3, 0.4) is 0 Å². The highest BCUT2D eigenvalue weighted by Gasteiger charge is 2.40. The summed E-state index contributed by atoms with van der Waals surface area (Å²) in [6, 6.07) is 5.27. The second-order valence-electron chi connectivity index (χ2n) is 4.74. The van der Waals surface area contributed by atoms with E-state index in [9.17, 15) is 0 Å². The molecule has 0 radical (unpaired) electrons. The van der Waals surface area contributed by atoms with E-state index in [1.165, 1.54) is 6.33 Å². The number of hydrogen-bond acceptors (Lipinski definition) is 4. The van der Waals surface area contributed by atoms with Gasteiger partial charge in [0.2, 0.25) is 0 Å². The highest BCUT2D eigenvalue weighted by atomic mass is 35.5. The number of nitrogens with zero attached hydrogens (tertiary/aromatic N) is 3. The molecule has 2 atom stereocenters. The molecule has 1 fully saturated rings. The highest BCUT2D eigenvalue weighted by molar-refractivity contribution is 6.35. The molecule has 5 nitrogen and oxygen atoms in total. The summed E-state index contributed by atoms with van der Waals surface area (Å²) in [6.45, 7) is 2.90. The van der Waals surface area contributed by atoms with Crippen molar-refractivity contribution < 1.29 is 9.47 Å². The van der Waals surface area contributed by atoms with Gasteiger partial charge in [0.15, 0.2) is 5.79 Å². The molecule has 0 bridgehead atoms. The minimum absolute atomic E-state index is 0.103. The molecule has 2 heterocycles. The van der Waals surface area contributed by atoms with Crippen molar-refractivity contribution in [2.24, 2.45) is 0 Å². The summed E-state index contributed by atoms with van der Waals surface area (Å²) in [7, 11) is 0. The van der Waals surface area contributed by atoms with Crippen molar-refractivity contribution in [3.63, 3.8) is 0 Å². The predicted octanol–water partition coefficient (Wildman–Crippen LogP) is 2.87. The molecule has 0 aliphatic carbocycles. The summed E-state index contributed by atoms with van der Waals surface area (Å²) in [5.74, 6) is -0.868. The first-order valence-corrected chi connectivity index (χ1v) is 6.92. The zero-order valence-electron chi connectivity index (χ0n) is 10.8. The first kappa shape index (κ1) is 13.8. The zero-order chi connectivity index (χ0) is 14.2. The molecule has 20 heavy (non-hydrogen) atoms. The third kappa shape index (κ3) is 2.67. The molecule has 0 saturated carbocycles. The van der Waals surface area contributed by atoms with Crippen LogP contribution in [0.4, 0.5) is 0 Å². The Hall–Kier alpha value is -1.14. The van der Waals surface area contributed by atoms with E-state index in [2.05, 4.69) is 10.1 Å². The standard InChI is InChI=1S/C13H13Cl2N3O2/c1-13(11-3-2-9(14)4-12(11)15)19-6-10(20-13)5-18-8-16-7-17-18/h2-4,7-8,10H,5-6H2,1H3/t10-,13-/m1/s1. The van der Waals surface area contributed by atoms with Crippen LogP contribution in [-0.2, 0) is 21.8 Å². The molecule has 1 aromatic heterocycles. The summed E-state index contributed by atoms with van der Waals surface area (Å²) in [4.78, 5) is 3.90. The molecule has 0 spiro atoms. The second kappa shape index (κ2) is 5.33. The van der Waals surface area contributed by atoms with Crippen LogP contribution in [0.5, 0.6) is 0 Å². The van der Waals surface area contributed by atoms with Crippen LogP contribution in [0.2, 0.25) is 10.0 Å². The minimum Gasteiger partial charge on any atom is -0.343 e. The highest BCUT2D eigenvalue weighted by Crippen LogP contribution is 2.38. The Morgan fingerprint density at radius 3 is 3.00 bits per heavy atom. The van der Waals surface area contributed by atoms with Crippen LogP contribution in [-0.4, -0.2) is 27.5 Å². The van der Waals surface area contributed by atoms with Crippen LogP contribution >= 0.6 is 23.2 Å². The lowest BCUT2D eigenvalue weighted by molar-refractivity contribution is -0.163. The third-order valence-electron chi connectivity index (χ3n) is 3.21. The van der Waals surface area contributed by atoms with E-state index < -0.39 is 5.79 Å². The number of halogens is 2. The van der Waals surface area contributed by atoms with Gasteiger partial charge in [-0.3, -0.25) is 4.68 Å². The van der Waals surface area contributed by atoms with Gasteiger partial charge in [-0.2, -0.15) is 5.10 Å². The monoisotopic (exact) mass is 313 g/mol. The van der Waals surface area contributed by atoms with Crippen molar-refractivity contribution in [3.8, 4) is 0 Å². The van der Waals surface area contributed by atoms with Crippen LogP contribution < -0.4 is 0 Å². The Labute approximate surface area is 126 Å². The summed E-state index contributed by atoms with van der Waals surface area (Å²) in [6.07, 6.45) is 3.03. The van der Waals surface area contributed by atoms with Crippen LogP contribution in [0.15, 0.2) is 30.9 Å². The molecule has 0 N–H and O–H groups in total. The average molecular weight is 314 g/mol. The zero-order valence-corrected chi connectivity index (χ0v) is 12.3. The molecule has 106 valence electrons. The quantitative estimate of drug-likeness (QED) is 0.874. The number of benzene rings is 1. The molecule has 1 aliphatic rings. The fraction of sp³-hybridized carbons (Fsp3) is 0.385. The van der Waals surface area contributed by atoms with Gasteiger partial charge in [0.05, 0.1) is 18.2 Å². The van der Waals surface area contributed by atoms with Gasteiger partial charge < -0.3 is 9.47 Å². The van der Waals surface area contributed by atoms with E-state index in [1.54, 1.807) is 23.1 Å². The molecule has 0 unspecified atom stereocenters. The second-order valence-corrected chi connectivity index (χ2v) is 5.58. The Morgan fingerprint density at radius 2 is 2.30 bits per heavy atom. The Morgan fingerprint density at radius 1 is 1.45 bits per heavy atom. The SMILES string of the molecule is C[C@@]1(c2ccc(Cl)cc2Cl)OC[C@@H](Cn2cncn2)O1. The molecular formula is C13H13Cl2N3O2. The van der Waals surface area contributed by atoms with Crippen molar-refractivity contribution in [2.45, 2.75) is 25.4 Å². The molecule has 1 aromatic carbocycles. The molecule has 7 heteroatoms. The molecule has 0 amide bonds. The summed E-state index contributed by atoms with van der Waals surface area (Å²) >= 11 is 12.1. The van der Waals surface area contributed by atoms with Crippen LogP contribution in [0.25, 0.3) is 0 Å². The van der Waals surface area contributed by atoms with E-state index in [4.69, 9.17) is 32.7 Å². The van der Waals surface area contributed by atoms with Gasteiger partial charge in [0, 0.05) is 10.6 Å². The van der Waals surface area contributed by atoms with Gasteiger partial charge in [-0.05, 0) is 19.1 Å². The van der Waals surface area contributed by atoms with Crippen molar-refractivity contribution >= 4 is 23.2 Å². The maximum atomic E-state index is 6.22. The number of aromatic nitrogens is 3. The van der Waals surface area contributed by atoms with E-state index >= 15 is 0 Å². The molecule has 1 aliphatic heterocycles. The maximum Gasteiger partial charge on any atom is 0.193 e. The van der Waals surface area contributed by atoms with E-state index in [1.807, 2.05) is 13.0 Å². The van der Waals surface area contributed by atoms with E-state index in [0.717, 1.165) is 5.56 Å². The number of hydrogen-bond donors (Lipinski definition) is 0. The van der Waals surface area contributed by atoms with Gasteiger partial charge in [-0.1, -0.05) is 29.3 Å². The Balaban J connectivity index is 1.77. The first-order chi connectivity index (χ1) is 9.57. The average Bonchev–Trinajstić information content (AvgIpc) is 3.00. The van der Waals surface area contributed by atoms with Crippen LogP contribution in [0, 0.1) is 0 Å². The fourth-order valence-corrected chi connectivity index (χ4v) is 2.84. The largest absolute Gasteiger partial charge is 0.343 e. The minimum atomic E-state index is -0.868. The van der Waals surface area contributed by atoms with E-state index in [-0.39, 0.29) is 6.10 Å². The Kier molecular flexibility index (Phi) is 3.69. The van der Waals surface area contributed by atoms with Gasteiger partial charge in [-0.15, -0.1) is 0 Å². The van der Waals surface area contributed by atoms with Gasteiger partial charge in [0.1, 0.15) is 18.8 Å². The lowest BCUT2D eigenvalue weighted by Gasteiger charge is -2.25. The smallest absolute Gasteiger partial charge is 0.193 e. The van der Waals surface area contributed by atoms with Crippen molar-refractivity contribution in [1.82, 2.24) is 14.8 Å². The number of rotatable bonds is 3. The van der Waals surface area contributed by atoms with Crippen molar-refractivity contribution in [2.75, 3.05) is 6.61 Å². The Bertz CT molecular complexity index is 606. The van der Waals surface area contributed by atoms with Gasteiger partial charge >= 0.3 is 0 Å². The normalized spacial score (nSPS) is 26.1. The maximum absolute atomic E-state index is 6.22. The van der Waals surface area contributed by atoms with Gasteiger partial charge in [-0.25, -0.2) is 4.98 Å². The van der Waals surface area contributed by atoms with Crippen molar-refractivity contribution in [1.29, 1.82) is 0 Å². The lowest BCUT2D eigenvalue weighted by atomic mass is 10.1. The first-order valence-electron chi connectivity index (χ1n) is 6.16. The molecule has 2 aromatic rings. The van der Waals surface area contributed by atoms with E-state index in [0.29, 0.717) is 23.2 Å². The summed E-state index contributed by atoms with van der Waals surface area (Å²) in [5, 5.41) is 5.17. The molecular weight excluding hydrogens is 301 g/mol. The topological polar surface area (TPSA) is 49.2 Å². The molecule has 3 rings (SSSR count). The number of ether oxygens (including phenoxy) is 2. The van der Waals surface area contributed by atoms with Gasteiger partial charge in [0.25, 0.3) is 0 Å². The van der Waals surface area contributed by atoms with Crippen LogP contribution in [0.1, 0.15) is 12.5 Å². The lowest BCUT2D eigenvalue weighted by Crippen LogP contribution is -2.26. The van der Waals surface area contributed by atoms with Crippen molar-refractivity contribution in [3.05, 3.63) is 46.5 Å². The summed E-state index contributed by atoms with van der Waals surface area (Å²) in [5.41, 5.74) is 0.768. The summed E-state index contributed by atoms with van der Waals surface area (Å²) < 4.78 is 13.5. The third-order valence-corrected chi connectivity index (χ3v) is 3.76. The predicted molar refractivity (Wildman–Crippen MR) is 74.7 cm³/mol.